The Morgan fingerprint density at radius 2 is 2.00 bits per heavy atom. The number of hydrogen-bond acceptors (Lipinski definition) is 3. The van der Waals surface area contributed by atoms with Crippen molar-refractivity contribution in [2.75, 3.05) is 11.9 Å². The first-order valence-corrected chi connectivity index (χ1v) is 6.60. The van der Waals surface area contributed by atoms with E-state index in [9.17, 15) is 4.79 Å². The minimum atomic E-state index is -0.531. The van der Waals surface area contributed by atoms with Crippen LogP contribution in [0.3, 0.4) is 0 Å². The second kappa shape index (κ2) is 5.25. The van der Waals surface area contributed by atoms with Gasteiger partial charge in [-0.25, -0.2) is 0 Å². The summed E-state index contributed by atoms with van der Waals surface area (Å²) >= 11 is 0. The van der Waals surface area contributed by atoms with Crippen LogP contribution < -0.4 is 15.8 Å². The molecule has 0 unspecified atom stereocenters. The van der Waals surface area contributed by atoms with Gasteiger partial charge in [0.05, 0.1) is 6.61 Å². The Kier molecular flexibility index (Phi) is 3.29. The molecule has 3 rings (SSSR count). The maximum atomic E-state index is 11.7. The summed E-state index contributed by atoms with van der Waals surface area (Å²) in [6, 6.07) is 14.8. The van der Waals surface area contributed by atoms with E-state index in [-0.39, 0.29) is 0 Å². The van der Waals surface area contributed by atoms with E-state index in [1.165, 1.54) is 0 Å². The molecule has 0 aliphatic carbocycles. The van der Waals surface area contributed by atoms with Crippen molar-refractivity contribution in [1.29, 1.82) is 0 Å². The van der Waals surface area contributed by atoms with E-state index in [1.54, 1.807) is 0 Å². The molecule has 0 bridgehead atoms. The van der Waals surface area contributed by atoms with Gasteiger partial charge in [-0.05, 0) is 29.3 Å². The molecular weight excluding hydrogens is 252 g/mol. The van der Waals surface area contributed by atoms with Crippen molar-refractivity contribution in [3.8, 4) is 5.75 Å². The molecule has 102 valence electrons. The quantitative estimate of drug-likeness (QED) is 0.894. The molecule has 0 radical (unpaired) electrons. The van der Waals surface area contributed by atoms with Gasteiger partial charge in [0.1, 0.15) is 11.8 Å². The minimum absolute atomic E-state index is 0.395. The lowest BCUT2D eigenvalue weighted by Crippen LogP contribution is -2.27. The summed E-state index contributed by atoms with van der Waals surface area (Å²) in [5.41, 5.74) is 8.40. The van der Waals surface area contributed by atoms with E-state index in [1.807, 2.05) is 48.5 Å². The van der Waals surface area contributed by atoms with Crippen molar-refractivity contribution >= 4 is 11.6 Å². The van der Waals surface area contributed by atoms with Gasteiger partial charge in [0.2, 0.25) is 5.91 Å². The lowest BCUT2D eigenvalue weighted by molar-refractivity contribution is -0.118. The van der Waals surface area contributed by atoms with Crippen LogP contribution in [0.25, 0.3) is 0 Å². The van der Waals surface area contributed by atoms with Crippen LogP contribution >= 0.6 is 0 Å². The average Bonchev–Trinajstić information content (AvgIpc) is 2.93. The fourth-order valence-electron chi connectivity index (χ4n) is 2.41. The maximum absolute atomic E-state index is 11.7. The molecule has 2 aromatic carbocycles. The highest BCUT2D eigenvalue weighted by Crippen LogP contribution is 2.29. The van der Waals surface area contributed by atoms with Gasteiger partial charge in [-0.2, -0.15) is 0 Å². The number of hydrogen-bond donors (Lipinski definition) is 2. The molecule has 1 amide bonds. The Balaban J connectivity index is 1.86. The van der Waals surface area contributed by atoms with Crippen molar-refractivity contribution in [2.45, 2.75) is 12.5 Å². The van der Waals surface area contributed by atoms with E-state index in [0.717, 1.165) is 35.6 Å². The molecule has 1 aliphatic rings. The van der Waals surface area contributed by atoms with Gasteiger partial charge >= 0.3 is 0 Å². The van der Waals surface area contributed by atoms with Crippen molar-refractivity contribution in [3.05, 3.63) is 59.7 Å². The standard InChI is InChI=1S/C16H16N2O2/c17-16(19)15(11-4-2-1-3-5-11)18-13-6-7-14-12(10-13)8-9-20-14/h1-7,10,15,18H,8-9H2,(H2,17,19)/t15-/m1/s1. The highest BCUT2D eigenvalue weighted by atomic mass is 16.5. The molecule has 3 N–H and O–H groups in total. The van der Waals surface area contributed by atoms with Crippen LogP contribution in [0.5, 0.6) is 5.75 Å². The molecule has 0 aromatic heterocycles. The van der Waals surface area contributed by atoms with Crippen LogP contribution in [0.15, 0.2) is 48.5 Å². The number of nitrogens with one attached hydrogen (secondary N) is 1. The van der Waals surface area contributed by atoms with Crippen LogP contribution in [0, 0.1) is 0 Å². The van der Waals surface area contributed by atoms with Crippen LogP contribution in [0.1, 0.15) is 17.2 Å². The summed E-state index contributed by atoms with van der Waals surface area (Å²) in [7, 11) is 0. The third-order valence-electron chi connectivity index (χ3n) is 3.42. The number of carbonyl (C=O) groups is 1. The number of ether oxygens (including phenoxy) is 1. The largest absolute Gasteiger partial charge is 0.493 e. The molecule has 20 heavy (non-hydrogen) atoms. The Bertz CT molecular complexity index is 626. The second-order valence-corrected chi connectivity index (χ2v) is 4.81. The van der Waals surface area contributed by atoms with Gasteiger partial charge in [-0.1, -0.05) is 30.3 Å². The molecule has 0 fully saturated rings. The first-order chi connectivity index (χ1) is 9.74. The van der Waals surface area contributed by atoms with Crippen molar-refractivity contribution in [2.24, 2.45) is 5.73 Å². The Labute approximate surface area is 117 Å². The van der Waals surface area contributed by atoms with E-state index < -0.39 is 11.9 Å². The molecule has 0 saturated carbocycles. The molecule has 1 heterocycles. The fourth-order valence-corrected chi connectivity index (χ4v) is 2.41. The monoisotopic (exact) mass is 268 g/mol. The molecule has 0 spiro atoms. The van der Waals surface area contributed by atoms with Gasteiger partial charge in [0, 0.05) is 12.1 Å². The number of nitrogens with two attached hydrogens (primary N) is 1. The highest BCUT2D eigenvalue weighted by Gasteiger charge is 2.18. The predicted molar refractivity (Wildman–Crippen MR) is 77.6 cm³/mol. The van der Waals surface area contributed by atoms with E-state index >= 15 is 0 Å². The molecule has 1 aliphatic heterocycles. The van der Waals surface area contributed by atoms with Crippen molar-refractivity contribution in [3.63, 3.8) is 0 Å². The van der Waals surface area contributed by atoms with Crippen LogP contribution in [-0.4, -0.2) is 12.5 Å². The number of rotatable bonds is 4. The number of amides is 1. The Morgan fingerprint density at radius 1 is 1.20 bits per heavy atom. The summed E-state index contributed by atoms with van der Waals surface area (Å²) in [5.74, 6) is 0.527. The Hall–Kier alpha value is -2.49. The molecule has 2 aromatic rings. The summed E-state index contributed by atoms with van der Waals surface area (Å²) < 4.78 is 5.47. The van der Waals surface area contributed by atoms with Crippen molar-refractivity contribution in [1.82, 2.24) is 0 Å². The number of fused-ring (bicyclic) bond motifs is 1. The zero-order valence-corrected chi connectivity index (χ0v) is 11.0. The number of benzene rings is 2. The van der Waals surface area contributed by atoms with Crippen LogP contribution in [0.2, 0.25) is 0 Å². The third kappa shape index (κ3) is 2.45. The first-order valence-electron chi connectivity index (χ1n) is 6.60. The third-order valence-corrected chi connectivity index (χ3v) is 3.42. The smallest absolute Gasteiger partial charge is 0.244 e. The summed E-state index contributed by atoms with van der Waals surface area (Å²) in [6.07, 6.45) is 0.900. The molecule has 4 nitrogen and oxygen atoms in total. The van der Waals surface area contributed by atoms with Crippen LogP contribution in [-0.2, 0) is 11.2 Å². The Morgan fingerprint density at radius 3 is 2.75 bits per heavy atom. The van der Waals surface area contributed by atoms with E-state index in [0.29, 0.717) is 0 Å². The number of anilines is 1. The zero-order valence-electron chi connectivity index (χ0n) is 11.0. The SMILES string of the molecule is NC(=O)[C@H](Nc1ccc2c(c1)CCO2)c1ccccc1. The van der Waals surface area contributed by atoms with Gasteiger partial charge in [0.25, 0.3) is 0 Å². The molecular formula is C16H16N2O2. The molecule has 4 heteroatoms. The normalized spacial score (nSPS) is 14.2. The van der Waals surface area contributed by atoms with Gasteiger partial charge in [-0.3, -0.25) is 4.79 Å². The average molecular weight is 268 g/mol. The zero-order chi connectivity index (χ0) is 13.9. The lowest BCUT2D eigenvalue weighted by atomic mass is 10.1. The van der Waals surface area contributed by atoms with Crippen molar-refractivity contribution < 1.29 is 9.53 Å². The highest BCUT2D eigenvalue weighted by molar-refractivity contribution is 5.84. The number of carbonyl (C=O) groups excluding carboxylic acids is 1. The molecule has 1 atom stereocenters. The van der Waals surface area contributed by atoms with Gasteiger partial charge in [-0.15, -0.1) is 0 Å². The fraction of sp³-hybridized carbons (Fsp3) is 0.188. The van der Waals surface area contributed by atoms with E-state index in [2.05, 4.69) is 5.32 Å². The van der Waals surface area contributed by atoms with Crippen LogP contribution in [0.4, 0.5) is 5.69 Å². The summed E-state index contributed by atoms with van der Waals surface area (Å²) in [4.78, 5) is 11.7. The number of primary amides is 1. The lowest BCUT2D eigenvalue weighted by Gasteiger charge is -2.17. The van der Waals surface area contributed by atoms with Gasteiger partial charge < -0.3 is 15.8 Å². The van der Waals surface area contributed by atoms with Gasteiger partial charge in [0.15, 0.2) is 0 Å². The predicted octanol–water partition coefficient (Wildman–Crippen LogP) is 2.26. The first kappa shape index (κ1) is 12.5. The maximum Gasteiger partial charge on any atom is 0.244 e. The van der Waals surface area contributed by atoms with E-state index in [4.69, 9.17) is 10.5 Å². The summed E-state index contributed by atoms with van der Waals surface area (Å²) in [5, 5.41) is 3.19. The molecule has 0 saturated heterocycles. The topological polar surface area (TPSA) is 64.4 Å². The minimum Gasteiger partial charge on any atom is -0.493 e. The summed E-state index contributed by atoms with van der Waals surface area (Å²) in [6.45, 7) is 0.719. The second-order valence-electron chi connectivity index (χ2n) is 4.81.